The van der Waals surface area contributed by atoms with Crippen LogP contribution >= 0.6 is 0 Å². The van der Waals surface area contributed by atoms with Crippen LogP contribution in [-0.4, -0.2) is 22.6 Å². The topological polar surface area (TPSA) is 46.1 Å². The molecule has 0 radical (unpaired) electrons. The van der Waals surface area contributed by atoms with E-state index in [0.717, 1.165) is 6.54 Å². The van der Waals surface area contributed by atoms with Crippen molar-refractivity contribution in [2.24, 2.45) is 0 Å². The molecule has 1 saturated carbocycles. The van der Waals surface area contributed by atoms with E-state index in [1.165, 1.54) is 29.3 Å². The first-order valence-electron chi connectivity index (χ1n) is 7.73. The monoisotopic (exact) mass is 285 g/mol. The summed E-state index contributed by atoms with van der Waals surface area (Å²) < 4.78 is 2.05. The molecule has 0 spiro atoms. The standard InChI is InChI=1S/C17H23N3O/c1-12(2)19-16(21)11-20-9-8-13-4-3-5-14(17(13)20)10-18-15-6-7-15/h3-5,8-9,12,15,18H,6-7,10-11H2,1-2H3,(H,19,21). The average Bonchev–Trinajstić information content (AvgIpc) is 3.17. The summed E-state index contributed by atoms with van der Waals surface area (Å²) >= 11 is 0. The Balaban J connectivity index is 1.82. The van der Waals surface area contributed by atoms with E-state index in [0.29, 0.717) is 12.6 Å². The van der Waals surface area contributed by atoms with Gasteiger partial charge >= 0.3 is 0 Å². The number of benzene rings is 1. The van der Waals surface area contributed by atoms with Gasteiger partial charge in [-0.15, -0.1) is 0 Å². The fourth-order valence-electron chi connectivity index (χ4n) is 2.68. The van der Waals surface area contributed by atoms with Gasteiger partial charge in [-0.25, -0.2) is 0 Å². The fraction of sp³-hybridized carbons (Fsp3) is 0.471. The van der Waals surface area contributed by atoms with Gasteiger partial charge in [-0.2, -0.15) is 0 Å². The third-order valence-corrected chi connectivity index (χ3v) is 3.79. The molecular weight excluding hydrogens is 262 g/mol. The molecule has 1 aromatic heterocycles. The van der Waals surface area contributed by atoms with Crippen molar-refractivity contribution in [1.29, 1.82) is 0 Å². The first-order chi connectivity index (χ1) is 10.1. The number of hydrogen-bond donors (Lipinski definition) is 2. The van der Waals surface area contributed by atoms with E-state index in [4.69, 9.17) is 0 Å². The lowest BCUT2D eigenvalue weighted by molar-refractivity contribution is -0.122. The van der Waals surface area contributed by atoms with Gasteiger partial charge in [0.1, 0.15) is 6.54 Å². The highest BCUT2D eigenvalue weighted by atomic mass is 16.2. The van der Waals surface area contributed by atoms with Gasteiger partial charge in [0, 0.05) is 24.8 Å². The van der Waals surface area contributed by atoms with E-state index in [-0.39, 0.29) is 11.9 Å². The molecule has 1 aromatic carbocycles. The Labute approximate surface area is 125 Å². The molecule has 21 heavy (non-hydrogen) atoms. The lowest BCUT2D eigenvalue weighted by atomic mass is 10.1. The number of aromatic nitrogens is 1. The Hall–Kier alpha value is -1.81. The summed E-state index contributed by atoms with van der Waals surface area (Å²) in [6, 6.07) is 9.29. The second-order valence-corrected chi connectivity index (χ2v) is 6.18. The minimum absolute atomic E-state index is 0.0625. The fourth-order valence-corrected chi connectivity index (χ4v) is 2.68. The highest BCUT2D eigenvalue weighted by molar-refractivity contribution is 5.85. The van der Waals surface area contributed by atoms with Crippen molar-refractivity contribution in [3.05, 3.63) is 36.0 Å². The maximum atomic E-state index is 12.0. The van der Waals surface area contributed by atoms with E-state index >= 15 is 0 Å². The number of hydrogen-bond acceptors (Lipinski definition) is 2. The van der Waals surface area contributed by atoms with E-state index in [1.807, 2.05) is 20.0 Å². The summed E-state index contributed by atoms with van der Waals surface area (Å²) in [4.78, 5) is 12.0. The molecule has 0 unspecified atom stereocenters. The molecule has 1 aliphatic carbocycles. The highest BCUT2D eigenvalue weighted by Crippen LogP contribution is 2.23. The summed E-state index contributed by atoms with van der Waals surface area (Å²) in [6.45, 7) is 5.22. The first kappa shape index (κ1) is 14.1. The number of carbonyl (C=O) groups is 1. The second kappa shape index (κ2) is 5.90. The first-order valence-corrected chi connectivity index (χ1v) is 7.73. The zero-order valence-electron chi connectivity index (χ0n) is 12.7. The third-order valence-electron chi connectivity index (χ3n) is 3.79. The molecular formula is C17H23N3O. The molecule has 3 rings (SSSR count). The van der Waals surface area contributed by atoms with Gasteiger partial charge in [0.05, 0.1) is 5.52 Å². The van der Waals surface area contributed by atoms with E-state index < -0.39 is 0 Å². The van der Waals surface area contributed by atoms with E-state index in [9.17, 15) is 4.79 Å². The quantitative estimate of drug-likeness (QED) is 0.856. The molecule has 112 valence electrons. The molecule has 0 bridgehead atoms. The van der Waals surface area contributed by atoms with Crippen LogP contribution in [0, 0.1) is 0 Å². The van der Waals surface area contributed by atoms with Crippen molar-refractivity contribution in [1.82, 2.24) is 15.2 Å². The highest BCUT2D eigenvalue weighted by Gasteiger charge is 2.20. The van der Waals surface area contributed by atoms with Crippen LogP contribution < -0.4 is 10.6 Å². The normalized spacial score (nSPS) is 14.8. The molecule has 4 heteroatoms. The van der Waals surface area contributed by atoms with E-state index in [2.05, 4.69) is 39.5 Å². The molecule has 1 aliphatic rings. The molecule has 2 N–H and O–H groups in total. The number of nitrogens with one attached hydrogen (secondary N) is 2. The molecule has 1 amide bonds. The van der Waals surface area contributed by atoms with Crippen LogP contribution in [0.15, 0.2) is 30.5 Å². The Morgan fingerprint density at radius 2 is 2.14 bits per heavy atom. The van der Waals surface area contributed by atoms with Crippen LogP contribution in [0.5, 0.6) is 0 Å². The van der Waals surface area contributed by atoms with E-state index in [1.54, 1.807) is 0 Å². The smallest absolute Gasteiger partial charge is 0.240 e. The van der Waals surface area contributed by atoms with Crippen molar-refractivity contribution in [2.45, 2.75) is 51.9 Å². The Morgan fingerprint density at radius 1 is 1.33 bits per heavy atom. The number of para-hydroxylation sites is 1. The molecule has 1 heterocycles. The largest absolute Gasteiger partial charge is 0.352 e. The summed E-state index contributed by atoms with van der Waals surface area (Å²) in [5.74, 6) is 0.0625. The minimum atomic E-state index is 0.0625. The predicted molar refractivity (Wildman–Crippen MR) is 85.1 cm³/mol. The summed E-state index contributed by atoms with van der Waals surface area (Å²) in [5, 5.41) is 7.70. The van der Waals surface area contributed by atoms with Gasteiger partial charge in [0.2, 0.25) is 5.91 Å². The minimum Gasteiger partial charge on any atom is -0.352 e. The van der Waals surface area contributed by atoms with Crippen molar-refractivity contribution in [2.75, 3.05) is 0 Å². The van der Waals surface area contributed by atoms with Crippen LogP contribution in [0.2, 0.25) is 0 Å². The van der Waals surface area contributed by atoms with Crippen LogP contribution in [-0.2, 0) is 17.9 Å². The zero-order valence-corrected chi connectivity index (χ0v) is 12.7. The maximum absolute atomic E-state index is 12.0. The summed E-state index contributed by atoms with van der Waals surface area (Å²) in [6.07, 6.45) is 4.58. The molecule has 0 saturated heterocycles. The lowest BCUT2D eigenvalue weighted by Crippen LogP contribution is -2.33. The van der Waals surface area contributed by atoms with Crippen molar-refractivity contribution < 1.29 is 4.79 Å². The number of amides is 1. The van der Waals surface area contributed by atoms with Crippen molar-refractivity contribution >= 4 is 16.8 Å². The predicted octanol–water partition coefficient (Wildman–Crippen LogP) is 2.42. The molecule has 4 nitrogen and oxygen atoms in total. The number of carbonyl (C=O) groups excluding carboxylic acids is 1. The van der Waals surface area contributed by atoms with Crippen LogP contribution in [0.3, 0.4) is 0 Å². The van der Waals surface area contributed by atoms with Crippen LogP contribution in [0.1, 0.15) is 32.3 Å². The number of fused-ring (bicyclic) bond motifs is 1. The average molecular weight is 285 g/mol. The van der Waals surface area contributed by atoms with Crippen molar-refractivity contribution in [3.8, 4) is 0 Å². The molecule has 1 fully saturated rings. The van der Waals surface area contributed by atoms with Crippen LogP contribution in [0.25, 0.3) is 10.9 Å². The molecule has 0 atom stereocenters. The molecule has 2 aromatic rings. The van der Waals surface area contributed by atoms with Crippen LogP contribution in [0.4, 0.5) is 0 Å². The van der Waals surface area contributed by atoms with Gasteiger partial charge in [-0.05, 0) is 43.7 Å². The number of nitrogens with zero attached hydrogens (tertiary/aromatic N) is 1. The zero-order chi connectivity index (χ0) is 14.8. The van der Waals surface area contributed by atoms with Gasteiger partial charge in [-0.3, -0.25) is 4.79 Å². The third kappa shape index (κ3) is 3.45. The molecule has 0 aliphatic heterocycles. The van der Waals surface area contributed by atoms with Gasteiger partial charge in [-0.1, -0.05) is 18.2 Å². The summed E-state index contributed by atoms with van der Waals surface area (Å²) in [5.41, 5.74) is 2.44. The maximum Gasteiger partial charge on any atom is 0.240 e. The Kier molecular flexibility index (Phi) is 3.97. The Morgan fingerprint density at radius 3 is 2.86 bits per heavy atom. The summed E-state index contributed by atoms with van der Waals surface area (Å²) in [7, 11) is 0. The van der Waals surface area contributed by atoms with Gasteiger partial charge in [0.15, 0.2) is 0 Å². The Bertz CT molecular complexity index is 641. The van der Waals surface area contributed by atoms with Crippen molar-refractivity contribution in [3.63, 3.8) is 0 Å². The number of rotatable bonds is 6. The SMILES string of the molecule is CC(C)NC(=O)Cn1ccc2cccc(CNC3CC3)c21. The second-order valence-electron chi connectivity index (χ2n) is 6.18. The van der Waals surface area contributed by atoms with Gasteiger partial charge < -0.3 is 15.2 Å². The lowest BCUT2D eigenvalue weighted by Gasteiger charge is -2.12. The van der Waals surface area contributed by atoms with Gasteiger partial charge in [0.25, 0.3) is 0 Å².